The largest absolute Gasteiger partial charge is 0.493 e. The smallest absolute Gasteiger partial charge is 0.258 e. The molecule has 0 radical (unpaired) electrons. The molecule has 2 aromatic rings. The Morgan fingerprint density at radius 3 is 2.26 bits per heavy atom. The predicted octanol–water partition coefficient (Wildman–Crippen LogP) is 4.15. The molecule has 1 aliphatic carbocycles. The van der Waals surface area contributed by atoms with Crippen molar-refractivity contribution < 1.29 is 23.8 Å². The Bertz CT molecular complexity index is 1190. The SMILES string of the molecule is COc1cc(C(=O)NC(=N)Nc2ccc(Cl)c(C(=O)NC3(C)C=CC=CC3)c2)cc(OC)c1OC. The molecule has 9 nitrogen and oxygen atoms in total. The Hall–Kier alpha value is -3.98. The van der Waals surface area contributed by atoms with E-state index in [1.54, 1.807) is 12.1 Å². The third kappa shape index (κ3) is 6.13. The minimum atomic E-state index is -0.571. The fourth-order valence-corrected chi connectivity index (χ4v) is 3.70. The van der Waals surface area contributed by atoms with Gasteiger partial charge >= 0.3 is 0 Å². The Balaban J connectivity index is 1.71. The molecular formula is C25H27ClN4O5. The van der Waals surface area contributed by atoms with Crippen LogP contribution in [0.25, 0.3) is 0 Å². The van der Waals surface area contributed by atoms with E-state index in [-0.39, 0.29) is 28.0 Å². The van der Waals surface area contributed by atoms with Gasteiger partial charge in [-0.25, -0.2) is 0 Å². The van der Waals surface area contributed by atoms with Gasteiger partial charge in [0.05, 0.1) is 37.5 Å². The summed E-state index contributed by atoms with van der Waals surface area (Å²) in [6, 6.07) is 7.62. The maximum Gasteiger partial charge on any atom is 0.258 e. The van der Waals surface area contributed by atoms with Gasteiger partial charge in [-0.15, -0.1) is 0 Å². The topological polar surface area (TPSA) is 122 Å². The third-order valence-corrected chi connectivity index (χ3v) is 5.63. The van der Waals surface area contributed by atoms with Crippen LogP contribution in [0.15, 0.2) is 54.6 Å². The Morgan fingerprint density at radius 2 is 1.69 bits per heavy atom. The van der Waals surface area contributed by atoms with Crippen LogP contribution in [0.3, 0.4) is 0 Å². The molecular weight excluding hydrogens is 472 g/mol. The number of guanidine groups is 1. The number of carbonyl (C=O) groups is 2. The van der Waals surface area contributed by atoms with Crippen LogP contribution < -0.4 is 30.2 Å². The number of nitrogens with one attached hydrogen (secondary N) is 4. The number of carbonyl (C=O) groups excluding carboxylic acids is 2. The first kappa shape index (κ1) is 25.6. The Labute approximate surface area is 208 Å². The molecule has 35 heavy (non-hydrogen) atoms. The summed E-state index contributed by atoms with van der Waals surface area (Å²) >= 11 is 6.26. The monoisotopic (exact) mass is 498 g/mol. The highest BCUT2D eigenvalue weighted by Crippen LogP contribution is 2.38. The number of rotatable bonds is 7. The first-order valence-corrected chi connectivity index (χ1v) is 11.0. The van der Waals surface area contributed by atoms with Crippen LogP contribution in [0, 0.1) is 5.41 Å². The lowest BCUT2D eigenvalue weighted by Crippen LogP contribution is -2.44. The lowest BCUT2D eigenvalue weighted by molar-refractivity contribution is 0.0921. The summed E-state index contributed by atoms with van der Waals surface area (Å²) in [5.74, 6) is -0.262. The third-order valence-electron chi connectivity index (χ3n) is 5.30. The molecule has 0 aliphatic heterocycles. The number of ether oxygens (including phenoxy) is 3. The molecule has 3 rings (SSSR count). The molecule has 4 N–H and O–H groups in total. The first-order valence-electron chi connectivity index (χ1n) is 10.6. The number of hydrogen-bond donors (Lipinski definition) is 4. The predicted molar refractivity (Wildman–Crippen MR) is 135 cm³/mol. The highest BCUT2D eigenvalue weighted by Gasteiger charge is 2.25. The summed E-state index contributed by atoms with van der Waals surface area (Å²) in [7, 11) is 4.35. The van der Waals surface area contributed by atoms with E-state index in [0.717, 1.165) is 0 Å². The van der Waals surface area contributed by atoms with Gasteiger partial charge < -0.3 is 24.8 Å². The van der Waals surface area contributed by atoms with Crippen molar-refractivity contribution in [3.63, 3.8) is 0 Å². The molecule has 0 spiro atoms. The number of amides is 2. The average Bonchev–Trinajstić information content (AvgIpc) is 2.84. The molecule has 0 heterocycles. The van der Waals surface area contributed by atoms with Crippen molar-refractivity contribution in [2.75, 3.05) is 26.6 Å². The van der Waals surface area contributed by atoms with Crippen molar-refractivity contribution in [2.45, 2.75) is 18.9 Å². The van der Waals surface area contributed by atoms with Crippen LogP contribution in [0.4, 0.5) is 5.69 Å². The maximum absolute atomic E-state index is 12.9. The molecule has 0 aromatic heterocycles. The molecule has 2 amide bonds. The Kier molecular flexibility index (Phi) is 8.03. The van der Waals surface area contributed by atoms with Gasteiger partial charge in [0.25, 0.3) is 11.8 Å². The molecule has 0 saturated heterocycles. The summed E-state index contributed by atoms with van der Waals surface area (Å²) in [6.45, 7) is 1.91. The van der Waals surface area contributed by atoms with E-state index in [4.69, 9.17) is 31.2 Å². The zero-order valence-electron chi connectivity index (χ0n) is 19.8. The van der Waals surface area contributed by atoms with E-state index in [9.17, 15) is 9.59 Å². The van der Waals surface area contributed by atoms with Crippen molar-refractivity contribution in [1.82, 2.24) is 10.6 Å². The highest BCUT2D eigenvalue weighted by molar-refractivity contribution is 6.34. The van der Waals surface area contributed by atoms with Gasteiger partial charge in [-0.2, -0.15) is 0 Å². The first-order chi connectivity index (χ1) is 16.7. The summed E-state index contributed by atoms with van der Waals surface area (Å²) < 4.78 is 15.8. The molecule has 2 aromatic carbocycles. The van der Waals surface area contributed by atoms with Crippen LogP contribution in [0.5, 0.6) is 17.2 Å². The fraction of sp³-hybridized carbons (Fsp3) is 0.240. The second-order valence-electron chi connectivity index (χ2n) is 7.93. The van der Waals surface area contributed by atoms with Crippen molar-refractivity contribution in [1.29, 1.82) is 5.41 Å². The minimum Gasteiger partial charge on any atom is -0.493 e. The Morgan fingerprint density at radius 1 is 1.00 bits per heavy atom. The summed E-state index contributed by atoms with van der Waals surface area (Å²) in [5, 5.41) is 16.6. The second kappa shape index (κ2) is 11.0. The standard InChI is InChI=1S/C25H27ClN4O5/c1-25(10-6-5-7-11-25)30-23(32)17-14-16(8-9-18(17)26)28-24(27)29-22(31)15-12-19(33-2)21(35-4)20(13-15)34-3/h5-10,12-14H,11H2,1-4H3,(H,30,32)(H3,27,28,29,31). The minimum absolute atomic E-state index is 0.199. The molecule has 184 valence electrons. The van der Waals surface area contributed by atoms with E-state index in [2.05, 4.69) is 16.0 Å². The summed E-state index contributed by atoms with van der Waals surface area (Å²) in [6.07, 6.45) is 8.33. The number of allylic oxidation sites excluding steroid dienone is 2. The summed E-state index contributed by atoms with van der Waals surface area (Å²) in [4.78, 5) is 25.6. The maximum atomic E-state index is 12.9. The van der Waals surface area contributed by atoms with E-state index in [1.807, 2.05) is 31.2 Å². The van der Waals surface area contributed by atoms with Gasteiger partial charge in [-0.1, -0.05) is 35.9 Å². The molecule has 0 bridgehead atoms. The van der Waals surface area contributed by atoms with Crippen LogP contribution in [-0.4, -0.2) is 44.6 Å². The molecule has 1 aliphatic rings. The normalized spacial score (nSPS) is 16.3. The molecule has 1 unspecified atom stereocenters. The van der Waals surface area contributed by atoms with Gasteiger partial charge in [-0.3, -0.25) is 20.3 Å². The molecule has 10 heteroatoms. The average molecular weight is 499 g/mol. The van der Waals surface area contributed by atoms with E-state index in [1.165, 1.54) is 39.5 Å². The molecule has 0 saturated carbocycles. The van der Waals surface area contributed by atoms with E-state index < -0.39 is 11.4 Å². The van der Waals surface area contributed by atoms with Gasteiger partial charge in [-0.05, 0) is 43.7 Å². The van der Waals surface area contributed by atoms with E-state index in [0.29, 0.717) is 29.4 Å². The van der Waals surface area contributed by atoms with Gasteiger partial charge in [0, 0.05) is 11.3 Å². The van der Waals surface area contributed by atoms with Crippen LogP contribution in [0.1, 0.15) is 34.1 Å². The van der Waals surface area contributed by atoms with Crippen LogP contribution in [-0.2, 0) is 0 Å². The molecule has 0 fully saturated rings. The zero-order valence-corrected chi connectivity index (χ0v) is 20.6. The second-order valence-corrected chi connectivity index (χ2v) is 8.33. The summed E-state index contributed by atoms with van der Waals surface area (Å²) in [5.41, 5.74) is 0.313. The lowest BCUT2D eigenvalue weighted by Gasteiger charge is -2.28. The number of benzene rings is 2. The number of hydrogen-bond acceptors (Lipinski definition) is 6. The van der Waals surface area contributed by atoms with E-state index >= 15 is 0 Å². The fourth-order valence-electron chi connectivity index (χ4n) is 3.50. The number of halogens is 1. The quantitative estimate of drug-likeness (QED) is 0.336. The van der Waals surface area contributed by atoms with Crippen LogP contribution >= 0.6 is 11.6 Å². The van der Waals surface area contributed by atoms with Crippen LogP contribution in [0.2, 0.25) is 5.02 Å². The van der Waals surface area contributed by atoms with Gasteiger partial charge in [0.1, 0.15) is 0 Å². The van der Waals surface area contributed by atoms with Crippen molar-refractivity contribution in [2.24, 2.45) is 0 Å². The van der Waals surface area contributed by atoms with Crippen molar-refractivity contribution in [3.8, 4) is 17.2 Å². The number of methoxy groups -OCH3 is 3. The van der Waals surface area contributed by atoms with Gasteiger partial charge in [0.15, 0.2) is 17.5 Å². The highest BCUT2D eigenvalue weighted by atomic mass is 35.5. The zero-order chi connectivity index (χ0) is 25.6. The lowest BCUT2D eigenvalue weighted by atomic mass is 9.93. The van der Waals surface area contributed by atoms with Crippen molar-refractivity contribution >= 4 is 35.1 Å². The molecule has 1 atom stereocenters. The van der Waals surface area contributed by atoms with Gasteiger partial charge in [0.2, 0.25) is 5.75 Å². The number of anilines is 1. The van der Waals surface area contributed by atoms with Crippen molar-refractivity contribution in [3.05, 3.63) is 70.8 Å².